The van der Waals surface area contributed by atoms with E-state index in [1.807, 2.05) is 6.92 Å². The number of phenols is 1. The van der Waals surface area contributed by atoms with Crippen molar-refractivity contribution < 1.29 is 14.0 Å². The fraction of sp³-hybridized carbons (Fsp3) is 0.0714. The first-order chi connectivity index (χ1) is 9.65. The zero-order chi connectivity index (χ0) is 14.1. The molecule has 0 fully saturated rings. The highest BCUT2D eigenvalue weighted by Gasteiger charge is 2.15. The molecule has 0 radical (unpaired) electrons. The molecule has 2 aromatic heterocycles. The van der Waals surface area contributed by atoms with Gasteiger partial charge in [-0.25, -0.2) is 4.39 Å². The molecule has 0 spiro atoms. The van der Waals surface area contributed by atoms with Crippen molar-refractivity contribution in [2.75, 3.05) is 0 Å². The fourth-order valence-corrected chi connectivity index (χ4v) is 1.84. The van der Waals surface area contributed by atoms with Crippen LogP contribution in [0.5, 0.6) is 5.75 Å². The molecule has 0 saturated carbocycles. The van der Waals surface area contributed by atoms with Crippen LogP contribution in [0.15, 0.2) is 41.2 Å². The molecule has 0 atom stereocenters. The number of hydrogen-bond donors (Lipinski definition) is 1. The molecule has 3 rings (SSSR count). The van der Waals surface area contributed by atoms with E-state index in [4.69, 9.17) is 4.52 Å². The van der Waals surface area contributed by atoms with Gasteiger partial charge in [0, 0.05) is 24.0 Å². The van der Waals surface area contributed by atoms with Gasteiger partial charge in [0.05, 0.1) is 5.56 Å². The van der Waals surface area contributed by atoms with Gasteiger partial charge in [-0.1, -0.05) is 5.16 Å². The first-order valence-electron chi connectivity index (χ1n) is 5.89. The lowest BCUT2D eigenvalue weighted by atomic mass is 10.1. The van der Waals surface area contributed by atoms with Crippen LogP contribution in [-0.4, -0.2) is 20.2 Å². The van der Waals surface area contributed by atoms with Crippen LogP contribution in [0.25, 0.3) is 22.8 Å². The minimum atomic E-state index is -0.619. The van der Waals surface area contributed by atoms with Gasteiger partial charge in [0.2, 0.25) is 5.82 Å². The molecule has 0 aliphatic rings. The number of nitrogens with zero attached hydrogens (tertiary/aromatic N) is 3. The molecule has 100 valence electrons. The quantitative estimate of drug-likeness (QED) is 0.775. The van der Waals surface area contributed by atoms with Gasteiger partial charge in [0.1, 0.15) is 11.6 Å². The smallest absolute Gasteiger partial charge is 0.261 e. The molecule has 1 aromatic carbocycles. The minimum Gasteiger partial charge on any atom is -0.508 e. The molecule has 0 aliphatic carbocycles. The van der Waals surface area contributed by atoms with Crippen molar-refractivity contribution in [2.45, 2.75) is 6.92 Å². The summed E-state index contributed by atoms with van der Waals surface area (Å²) in [4.78, 5) is 8.16. The largest absolute Gasteiger partial charge is 0.508 e. The van der Waals surface area contributed by atoms with E-state index < -0.39 is 5.82 Å². The molecule has 0 amide bonds. The summed E-state index contributed by atoms with van der Waals surface area (Å²) in [5.74, 6) is -0.344. The third-order valence-electron chi connectivity index (χ3n) is 2.87. The zero-order valence-electron chi connectivity index (χ0n) is 10.5. The van der Waals surface area contributed by atoms with Gasteiger partial charge < -0.3 is 9.63 Å². The van der Waals surface area contributed by atoms with E-state index in [1.165, 1.54) is 12.1 Å². The van der Waals surface area contributed by atoms with E-state index >= 15 is 0 Å². The summed E-state index contributed by atoms with van der Waals surface area (Å²) >= 11 is 0. The number of hydrogen-bond acceptors (Lipinski definition) is 5. The predicted molar refractivity (Wildman–Crippen MR) is 69.3 cm³/mol. The Morgan fingerprint density at radius 1 is 1.20 bits per heavy atom. The number of aromatic hydroxyl groups is 1. The summed E-state index contributed by atoms with van der Waals surface area (Å²) in [6.07, 6.45) is 3.31. The third-order valence-corrected chi connectivity index (χ3v) is 2.87. The summed E-state index contributed by atoms with van der Waals surface area (Å²) in [6.45, 7) is 1.87. The second-order valence-electron chi connectivity index (χ2n) is 4.28. The number of rotatable bonds is 2. The summed E-state index contributed by atoms with van der Waals surface area (Å²) < 4.78 is 18.8. The topological polar surface area (TPSA) is 72.0 Å². The van der Waals surface area contributed by atoms with Crippen LogP contribution in [0.4, 0.5) is 4.39 Å². The van der Waals surface area contributed by atoms with Crippen LogP contribution >= 0.6 is 0 Å². The van der Waals surface area contributed by atoms with Gasteiger partial charge in [-0.05, 0) is 30.7 Å². The summed E-state index contributed by atoms with van der Waals surface area (Å²) in [7, 11) is 0. The molecule has 1 N–H and O–H groups in total. The number of aromatic nitrogens is 3. The van der Waals surface area contributed by atoms with Crippen molar-refractivity contribution in [1.82, 2.24) is 15.1 Å². The second kappa shape index (κ2) is 4.73. The van der Waals surface area contributed by atoms with Gasteiger partial charge in [0.25, 0.3) is 5.89 Å². The maximum Gasteiger partial charge on any atom is 0.261 e. The molecule has 0 bridgehead atoms. The van der Waals surface area contributed by atoms with Gasteiger partial charge in [0.15, 0.2) is 0 Å². The predicted octanol–water partition coefficient (Wildman–Crippen LogP) is 2.95. The molecule has 6 heteroatoms. The van der Waals surface area contributed by atoms with Crippen molar-refractivity contribution >= 4 is 0 Å². The molecule has 0 aliphatic heterocycles. The molecule has 5 nitrogen and oxygen atoms in total. The van der Waals surface area contributed by atoms with Gasteiger partial charge >= 0.3 is 0 Å². The number of benzene rings is 1. The number of halogens is 1. The molecular formula is C14H10FN3O2. The Morgan fingerprint density at radius 3 is 2.80 bits per heavy atom. The average molecular weight is 271 g/mol. The Hall–Kier alpha value is -2.76. The van der Waals surface area contributed by atoms with Crippen LogP contribution in [0.2, 0.25) is 0 Å². The Balaban J connectivity index is 2.04. The van der Waals surface area contributed by atoms with Crippen molar-refractivity contribution in [3.8, 4) is 28.6 Å². The fourth-order valence-electron chi connectivity index (χ4n) is 1.84. The first-order valence-corrected chi connectivity index (χ1v) is 5.89. The SMILES string of the molecule is Cc1cnccc1-c1noc(-c2ccc(O)cc2F)n1. The van der Waals surface area contributed by atoms with E-state index in [9.17, 15) is 9.50 Å². The summed E-state index contributed by atoms with van der Waals surface area (Å²) in [5, 5.41) is 13.0. The monoisotopic (exact) mass is 271 g/mol. The lowest BCUT2D eigenvalue weighted by Gasteiger charge is -1.98. The number of aryl methyl sites for hydroxylation is 1. The first kappa shape index (κ1) is 12.3. The molecule has 3 aromatic rings. The van der Waals surface area contributed by atoms with Crippen molar-refractivity contribution in [1.29, 1.82) is 0 Å². The summed E-state index contributed by atoms with van der Waals surface area (Å²) in [5.41, 5.74) is 1.81. The van der Waals surface area contributed by atoms with Crippen molar-refractivity contribution in [3.63, 3.8) is 0 Å². The van der Waals surface area contributed by atoms with Crippen molar-refractivity contribution in [3.05, 3.63) is 48.0 Å². The van der Waals surface area contributed by atoms with Crippen LogP contribution in [-0.2, 0) is 0 Å². The third kappa shape index (κ3) is 2.11. The molecule has 0 saturated heterocycles. The Labute approximate surface area is 113 Å². The maximum absolute atomic E-state index is 13.7. The molecular weight excluding hydrogens is 261 g/mol. The van der Waals surface area contributed by atoms with E-state index in [0.717, 1.165) is 17.2 Å². The zero-order valence-corrected chi connectivity index (χ0v) is 10.5. The molecule has 0 unspecified atom stereocenters. The van der Waals surface area contributed by atoms with Crippen molar-refractivity contribution in [2.24, 2.45) is 0 Å². The Bertz CT molecular complexity index is 771. The average Bonchev–Trinajstić information content (AvgIpc) is 2.88. The van der Waals surface area contributed by atoms with Gasteiger partial charge in [-0.15, -0.1) is 0 Å². The normalized spacial score (nSPS) is 10.7. The van der Waals surface area contributed by atoms with E-state index in [2.05, 4.69) is 15.1 Å². The Kier molecular flexibility index (Phi) is 2.90. The highest BCUT2D eigenvalue weighted by Crippen LogP contribution is 2.27. The maximum atomic E-state index is 13.7. The van der Waals surface area contributed by atoms with Crippen LogP contribution in [0, 0.1) is 12.7 Å². The molecule has 2 heterocycles. The van der Waals surface area contributed by atoms with Gasteiger partial charge in [-0.2, -0.15) is 4.98 Å². The van der Waals surface area contributed by atoms with E-state index in [1.54, 1.807) is 18.5 Å². The van der Waals surface area contributed by atoms with E-state index in [0.29, 0.717) is 5.82 Å². The Morgan fingerprint density at radius 2 is 2.05 bits per heavy atom. The van der Waals surface area contributed by atoms with Crippen LogP contribution < -0.4 is 0 Å². The van der Waals surface area contributed by atoms with E-state index in [-0.39, 0.29) is 17.2 Å². The highest BCUT2D eigenvalue weighted by molar-refractivity contribution is 5.62. The number of phenolic OH excluding ortho intramolecular Hbond substituents is 1. The standard InChI is InChI=1S/C14H10FN3O2/c1-8-7-16-5-4-10(8)13-17-14(20-18-13)11-3-2-9(19)6-12(11)15/h2-7,19H,1H3. The van der Waals surface area contributed by atoms with Gasteiger partial charge in [-0.3, -0.25) is 4.98 Å². The highest BCUT2D eigenvalue weighted by atomic mass is 19.1. The van der Waals surface area contributed by atoms with Crippen LogP contribution in [0.3, 0.4) is 0 Å². The summed E-state index contributed by atoms with van der Waals surface area (Å²) in [6, 6.07) is 5.51. The molecule has 20 heavy (non-hydrogen) atoms. The lowest BCUT2D eigenvalue weighted by Crippen LogP contribution is -1.87. The second-order valence-corrected chi connectivity index (χ2v) is 4.28. The lowest BCUT2D eigenvalue weighted by molar-refractivity contribution is 0.428. The van der Waals surface area contributed by atoms with Crippen LogP contribution in [0.1, 0.15) is 5.56 Å². The minimum absolute atomic E-state index is 0.0636. The number of pyridine rings is 1.